The van der Waals surface area contributed by atoms with E-state index in [2.05, 4.69) is 0 Å². The number of carbonyl (C=O) groups is 2. The molecule has 0 aromatic heterocycles. The highest BCUT2D eigenvalue weighted by molar-refractivity contribution is 7.95. The molecule has 0 saturated carbocycles. The second kappa shape index (κ2) is 3.54. The van der Waals surface area contributed by atoms with Gasteiger partial charge in [0.25, 0.3) is 0 Å². The van der Waals surface area contributed by atoms with Crippen LogP contribution in [0.25, 0.3) is 0 Å². The quantitative estimate of drug-likeness (QED) is 0.327. The van der Waals surface area contributed by atoms with E-state index in [-0.39, 0.29) is 11.3 Å². The lowest BCUT2D eigenvalue weighted by molar-refractivity contribution is -0.134. The number of hydrogen-bond acceptors (Lipinski definition) is 5. The van der Waals surface area contributed by atoms with Crippen molar-refractivity contribution in [3.05, 3.63) is 29.8 Å². The van der Waals surface area contributed by atoms with Crippen molar-refractivity contribution >= 4 is 33.2 Å². The zero-order chi connectivity index (χ0) is 12.8. The normalized spacial score (nSPS) is 24.1. The summed E-state index contributed by atoms with van der Waals surface area (Å²) in [6.45, 7) is 0. The molecule has 1 aromatic rings. The number of carbonyl (C=O) groups excluding carboxylic acids is 2. The maximum atomic E-state index is 12.0. The Labute approximate surface area is 102 Å². The van der Waals surface area contributed by atoms with Crippen molar-refractivity contribution in [2.45, 2.75) is 4.21 Å². The Balaban J connectivity index is 2.71. The maximum absolute atomic E-state index is 12.0. The van der Waals surface area contributed by atoms with E-state index < -0.39 is 25.8 Å². The van der Waals surface area contributed by atoms with Gasteiger partial charge in [-0.05, 0) is 12.1 Å². The Morgan fingerprint density at radius 3 is 2.41 bits per heavy atom. The first-order valence-electron chi connectivity index (χ1n) is 4.53. The van der Waals surface area contributed by atoms with Crippen LogP contribution in [0.1, 0.15) is 10.4 Å². The van der Waals surface area contributed by atoms with Gasteiger partial charge < -0.3 is 4.74 Å². The molecular formula is C10H7ClO5S. The number of sulfone groups is 1. The standard InChI is InChI=1S/C10H7ClO5S/c1-17(14,15)10(11)8(12)6-4-2-3-5-7(6)16-9(10)13/h2-5H,1H3. The minimum absolute atomic E-state index is 0.0161. The fraction of sp³-hybridized carbons (Fsp3) is 0.200. The molecule has 1 aliphatic rings. The number of benzene rings is 1. The van der Waals surface area contributed by atoms with Gasteiger partial charge in [0.1, 0.15) is 5.75 Å². The molecule has 90 valence electrons. The van der Waals surface area contributed by atoms with Gasteiger partial charge in [-0.25, -0.2) is 13.2 Å². The summed E-state index contributed by atoms with van der Waals surface area (Å²) in [6.07, 6.45) is 0.715. The van der Waals surface area contributed by atoms with E-state index in [0.29, 0.717) is 6.26 Å². The summed E-state index contributed by atoms with van der Waals surface area (Å²) in [4.78, 5) is 23.6. The van der Waals surface area contributed by atoms with Crippen molar-refractivity contribution < 1.29 is 22.7 Å². The Hall–Kier alpha value is -1.40. The average Bonchev–Trinajstić information content (AvgIpc) is 2.24. The van der Waals surface area contributed by atoms with Crippen LogP contribution in [0.15, 0.2) is 24.3 Å². The minimum Gasteiger partial charge on any atom is -0.423 e. The molecule has 0 spiro atoms. The first kappa shape index (κ1) is 12.1. The van der Waals surface area contributed by atoms with Gasteiger partial charge in [-0.2, -0.15) is 0 Å². The molecule has 17 heavy (non-hydrogen) atoms. The van der Waals surface area contributed by atoms with Crippen LogP contribution in [0.2, 0.25) is 0 Å². The van der Waals surface area contributed by atoms with Crippen molar-refractivity contribution in [2.24, 2.45) is 0 Å². The predicted octanol–water partition coefficient (Wildman–Crippen LogP) is 0.768. The van der Waals surface area contributed by atoms with Gasteiger partial charge in [0.05, 0.1) is 5.56 Å². The van der Waals surface area contributed by atoms with Gasteiger partial charge >= 0.3 is 10.2 Å². The molecule has 1 heterocycles. The lowest BCUT2D eigenvalue weighted by atomic mass is 10.0. The first-order chi connectivity index (χ1) is 7.78. The van der Waals surface area contributed by atoms with Crippen LogP contribution < -0.4 is 4.74 Å². The van der Waals surface area contributed by atoms with Crippen molar-refractivity contribution in [3.8, 4) is 5.75 Å². The Kier molecular flexibility index (Phi) is 2.52. The third kappa shape index (κ3) is 1.56. The average molecular weight is 275 g/mol. The molecule has 1 aromatic carbocycles. The lowest BCUT2D eigenvalue weighted by Crippen LogP contribution is -2.52. The Morgan fingerprint density at radius 1 is 1.24 bits per heavy atom. The molecule has 7 heteroatoms. The molecule has 2 rings (SSSR count). The highest BCUT2D eigenvalue weighted by Gasteiger charge is 2.58. The summed E-state index contributed by atoms with van der Waals surface area (Å²) in [7, 11) is -4.13. The summed E-state index contributed by atoms with van der Waals surface area (Å²) >= 11 is 5.67. The molecule has 0 aliphatic carbocycles. The third-order valence-corrected chi connectivity index (χ3v) is 4.94. The second-order valence-corrected chi connectivity index (χ2v) is 6.53. The number of ether oxygens (including phenoxy) is 1. The first-order valence-corrected chi connectivity index (χ1v) is 6.80. The fourth-order valence-electron chi connectivity index (χ4n) is 1.49. The van der Waals surface area contributed by atoms with Crippen LogP contribution in [0.4, 0.5) is 0 Å². The molecule has 0 bridgehead atoms. The summed E-state index contributed by atoms with van der Waals surface area (Å²) < 4.78 is 25.1. The van der Waals surface area contributed by atoms with E-state index in [9.17, 15) is 18.0 Å². The zero-order valence-corrected chi connectivity index (χ0v) is 10.2. The third-order valence-electron chi connectivity index (χ3n) is 2.40. The highest BCUT2D eigenvalue weighted by atomic mass is 35.5. The number of para-hydroxylation sites is 1. The monoisotopic (exact) mass is 274 g/mol. The van der Waals surface area contributed by atoms with Gasteiger partial charge in [0, 0.05) is 6.26 Å². The van der Waals surface area contributed by atoms with Gasteiger partial charge in [-0.3, -0.25) is 4.79 Å². The van der Waals surface area contributed by atoms with E-state index in [0.717, 1.165) is 0 Å². The van der Waals surface area contributed by atoms with Crippen molar-refractivity contribution in [3.63, 3.8) is 0 Å². The molecule has 0 saturated heterocycles. The van der Waals surface area contributed by atoms with Crippen LogP contribution in [0.3, 0.4) is 0 Å². The molecule has 1 atom stereocenters. The van der Waals surface area contributed by atoms with E-state index in [4.69, 9.17) is 16.3 Å². The Bertz CT molecular complexity index is 621. The summed E-state index contributed by atoms with van der Waals surface area (Å²) in [5.74, 6) is -2.25. The number of rotatable bonds is 1. The smallest absolute Gasteiger partial charge is 0.356 e. The molecule has 0 radical (unpaired) electrons. The maximum Gasteiger partial charge on any atom is 0.356 e. The number of ketones is 1. The van der Waals surface area contributed by atoms with E-state index in [1.165, 1.54) is 18.2 Å². The van der Waals surface area contributed by atoms with E-state index >= 15 is 0 Å². The van der Waals surface area contributed by atoms with Crippen LogP contribution in [-0.2, 0) is 14.6 Å². The van der Waals surface area contributed by atoms with Crippen LogP contribution in [0, 0.1) is 0 Å². The number of Topliss-reactive ketones (excluding diaryl/α,β-unsaturated/α-hetero) is 1. The van der Waals surface area contributed by atoms with Crippen LogP contribution in [0.5, 0.6) is 5.75 Å². The van der Waals surface area contributed by atoms with E-state index in [1.54, 1.807) is 6.07 Å². The van der Waals surface area contributed by atoms with Crippen LogP contribution in [-0.4, -0.2) is 30.6 Å². The molecule has 5 nitrogen and oxygen atoms in total. The van der Waals surface area contributed by atoms with Crippen molar-refractivity contribution in [1.29, 1.82) is 0 Å². The summed E-state index contributed by atoms with van der Waals surface area (Å²) in [5.41, 5.74) is -0.0208. The number of halogens is 1. The largest absolute Gasteiger partial charge is 0.423 e. The van der Waals surface area contributed by atoms with Gasteiger partial charge in [-0.1, -0.05) is 23.7 Å². The van der Waals surface area contributed by atoms with Gasteiger partial charge in [0.15, 0.2) is 9.84 Å². The van der Waals surface area contributed by atoms with Crippen LogP contribution >= 0.6 is 11.6 Å². The van der Waals surface area contributed by atoms with Gasteiger partial charge in [0.2, 0.25) is 5.78 Å². The van der Waals surface area contributed by atoms with Crippen molar-refractivity contribution in [2.75, 3.05) is 6.26 Å². The number of fused-ring (bicyclic) bond motifs is 1. The second-order valence-electron chi connectivity index (χ2n) is 3.58. The number of alkyl halides is 1. The molecule has 1 aliphatic heterocycles. The zero-order valence-electron chi connectivity index (χ0n) is 8.64. The van der Waals surface area contributed by atoms with Gasteiger partial charge in [-0.15, -0.1) is 0 Å². The molecule has 0 N–H and O–H groups in total. The predicted molar refractivity (Wildman–Crippen MR) is 59.8 cm³/mol. The number of esters is 1. The fourth-order valence-corrected chi connectivity index (χ4v) is 2.43. The topological polar surface area (TPSA) is 77.5 Å². The lowest BCUT2D eigenvalue weighted by Gasteiger charge is -2.27. The number of hydrogen-bond donors (Lipinski definition) is 0. The molecule has 0 fully saturated rings. The van der Waals surface area contributed by atoms with E-state index in [1.807, 2.05) is 0 Å². The summed E-state index contributed by atoms with van der Waals surface area (Å²) in [6, 6.07) is 5.83. The van der Waals surface area contributed by atoms with Crippen molar-refractivity contribution in [1.82, 2.24) is 0 Å². The molecule has 1 unspecified atom stereocenters. The molecular weight excluding hydrogens is 268 g/mol. The molecule has 0 amide bonds. The SMILES string of the molecule is CS(=O)(=O)C1(Cl)C(=O)Oc2ccccc2C1=O. The highest BCUT2D eigenvalue weighted by Crippen LogP contribution is 2.37. The summed E-state index contributed by atoms with van der Waals surface area (Å²) in [5, 5.41) is 0. The minimum atomic E-state index is -4.13. The Morgan fingerprint density at radius 2 is 1.82 bits per heavy atom.